The van der Waals surface area contributed by atoms with E-state index in [0.717, 1.165) is 26.6 Å². The van der Waals surface area contributed by atoms with Crippen molar-refractivity contribution < 1.29 is 9.53 Å². The molecule has 0 spiro atoms. The van der Waals surface area contributed by atoms with E-state index in [1.165, 1.54) is 28.7 Å². The minimum absolute atomic E-state index is 0.0170. The SMILES string of the molecule is CCSc1nnc(SCC(=O)NCCc2ccc(OC)cc2)s1. The molecule has 0 aliphatic heterocycles. The van der Waals surface area contributed by atoms with Gasteiger partial charge in [0.05, 0.1) is 12.9 Å². The average Bonchev–Trinajstić information content (AvgIpc) is 3.02. The first-order chi connectivity index (χ1) is 11.2. The number of benzene rings is 1. The van der Waals surface area contributed by atoms with Crippen LogP contribution in [0.1, 0.15) is 12.5 Å². The standard InChI is InChI=1S/C15H19N3O2S3/c1-3-21-14-17-18-15(23-14)22-10-13(19)16-9-8-11-4-6-12(20-2)7-5-11/h4-7H,3,8-10H2,1-2H3,(H,16,19). The monoisotopic (exact) mass is 369 g/mol. The van der Waals surface area contributed by atoms with Crippen LogP contribution in [0, 0.1) is 0 Å². The molecule has 0 atom stereocenters. The Labute approximate surface area is 148 Å². The third kappa shape index (κ3) is 6.40. The highest BCUT2D eigenvalue weighted by Gasteiger charge is 2.08. The predicted molar refractivity (Wildman–Crippen MR) is 96.7 cm³/mol. The third-order valence-electron chi connectivity index (χ3n) is 2.88. The number of nitrogens with one attached hydrogen (secondary N) is 1. The van der Waals surface area contributed by atoms with Gasteiger partial charge in [0.1, 0.15) is 5.75 Å². The van der Waals surface area contributed by atoms with Crippen LogP contribution in [-0.2, 0) is 11.2 Å². The molecule has 2 aromatic rings. The molecule has 1 N–H and O–H groups in total. The van der Waals surface area contributed by atoms with E-state index in [1.807, 2.05) is 24.3 Å². The predicted octanol–water partition coefficient (Wildman–Crippen LogP) is 3.11. The van der Waals surface area contributed by atoms with Crippen LogP contribution in [0.3, 0.4) is 0 Å². The quantitative estimate of drug-likeness (QED) is 0.685. The first-order valence-corrected chi connectivity index (χ1v) is 9.98. The maximum atomic E-state index is 11.8. The third-order valence-corrected chi connectivity index (χ3v) is 5.95. The molecule has 1 amide bonds. The summed E-state index contributed by atoms with van der Waals surface area (Å²) in [7, 11) is 1.65. The summed E-state index contributed by atoms with van der Waals surface area (Å²) in [6.45, 7) is 2.70. The Kier molecular flexibility index (Phi) is 7.70. The lowest BCUT2D eigenvalue weighted by Gasteiger charge is -2.05. The van der Waals surface area contributed by atoms with Crippen molar-refractivity contribution in [3.8, 4) is 5.75 Å². The Bertz CT molecular complexity index is 617. The normalized spacial score (nSPS) is 10.5. The first kappa shape index (κ1) is 18.1. The second-order valence-electron chi connectivity index (χ2n) is 4.50. The molecule has 1 aromatic carbocycles. The number of aromatic nitrogens is 2. The van der Waals surface area contributed by atoms with Gasteiger partial charge in [-0.2, -0.15) is 0 Å². The van der Waals surface area contributed by atoms with Crippen LogP contribution in [0.25, 0.3) is 0 Å². The van der Waals surface area contributed by atoms with E-state index in [4.69, 9.17) is 4.74 Å². The van der Waals surface area contributed by atoms with Gasteiger partial charge in [0.15, 0.2) is 8.68 Å². The molecule has 124 valence electrons. The molecule has 0 unspecified atom stereocenters. The van der Waals surface area contributed by atoms with Crippen LogP contribution in [0.2, 0.25) is 0 Å². The molecule has 1 aromatic heterocycles. The highest BCUT2D eigenvalue weighted by molar-refractivity contribution is 8.03. The van der Waals surface area contributed by atoms with Gasteiger partial charge in [-0.3, -0.25) is 4.79 Å². The average molecular weight is 370 g/mol. The van der Waals surface area contributed by atoms with Gasteiger partial charge in [0.2, 0.25) is 5.91 Å². The van der Waals surface area contributed by atoms with Gasteiger partial charge in [-0.05, 0) is 29.9 Å². The van der Waals surface area contributed by atoms with Gasteiger partial charge in [0.25, 0.3) is 0 Å². The second-order valence-corrected chi connectivity index (χ2v) is 8.21. The first-order valence-electron chi connectivity index (χ1n) is 7.20. The molecule has 0 radical (unpaired) electrons. The smallest absolute Gasteiger partial charge is 0.230 e. The summed E-state index contributed by atoms with van der Waals surface area (Å²) in [4.78, 5) is 11.8. The van der Waals surface area contributed by atoms with Crippen molar-refractivity contribution in [2.24, 2.45) is 0 Å². The van der Waals surface area contributed by atoms with Crippen molar-refractivity contribution in [1.29, 1.82) is 0 Å². The van der Waals surface area contributed by atoms with Crippen molar-refractivity contribution in [1.82, 2.24) is 15.5 Å². The number of carbonyl (C=O) groups is 1. The molecular formula is C15H19N3O2S3. The zero-order valence-corrected chi connectivity index (χ0v) is 15.5. The van der Waals surface area contributed by atoms with Crippen molar-refractivity contribution in [2.45, 2.75) is 22.0 Å². The molecule has 0 bridgehead atoms. The van der Waals surface area contributed by atoms with Crippen molar-refractivity contribution in [3.63, 3.8) is 0 Å². The van der Waals surface area contributed by atoms with E-state index < -0.39 is 0 Å². The molecule has 23 heavy (non-hydrogen) atoms. The topological polar surface area (TPSA) is 64.1 Å². The Morgan fingerprint density at radius 3 is 2.57 bits per heavy atom. The molecule has 0 aliphatic carbocycles. The van der Waals surface area contributed by atoms with E-state index in [0.29, 0.717) is 12.3 Å². The molecule has 0 fully saturated rings. The van der Waals surface area contributed by atoms with Crippen molar-refractivity contribution in [2.75, 3.05) is 25.2 Å². The van der Waals surface area contributed by atoms with Crippen LogP contribution >= 0.6 is 34.9 Å². The van der Waals surface area contributed by atoms with Crippen molar-refractivity contribution in [3.05, 3.63) is 29.8 Å². The lowest BCUT2D eigenvalue weighted by atomic mass is 10.1. The summed E-state index contributed by atoms with van der Waals surface area (Å²) in [6, 6.07) is 7.87. The highest BCUT2D eigenvalue weighted by Crippen LogP contribution is 2.28. The number of amides is 1. The molecular weight excluding hydrogens is 350 g/mol. The summed E-state index contributed by atoms with van der Waals surface area (Å²) in [5.41, 5.74) is 1.17. The summed E-state index contributed by atoms with van der Waals surface area (Å²) >= 11 is 4.63. The number of hydrogen-bond donors (Lipinski definition) is 1. The van der Waals surface area contributed by atoms with Gasteiger partial charge in [-0.15, -0.1) is 10.2 Å². The fourth-order valence-electron chi connectivity index (χ4n) is 1.75. The van der Waals surface area contributed by atoms with Gasteiger partial charge in [-0.1, -0.05) is 53.9 Å². The van der Waals surface area contributed by atoms with E-state index in [9.17, 15) is 4.79 Å². The van der Waals surface area contributed by atoms with E-state index >= 15 is 0 Å². The van der Waals surface area contributed by atoms with E-state index in [2.05, 4.69) is 22.4 Å². The van der Waals surface area contributed by atoms with Gasteiger partial charge < -0.3 is 10.1 Å². The summed E-state index contributed by atoms with van der Waals surface area (Å²) < 4.78 is 6.91. The highest BCUT2D eigenvalue weighted by atomic mass is 32.2. The van der Waals surface area contributed by atoms with Crippen LogP contribution < -0.4 is 10.1 Å². The zero-order chi connectivity index (χ0) is 16.5. The van der Waals surface area contributed by atoms with E-state index in [1.54, 1.807) is 18.9 Å². The summed E-state index contributed by atoms with van der Waals surface area (Å²) in [5, 5.41) is 11.1. The lowest BCUT2D eigenvalue weighted by Crippen LogP contribution is -2.27. The molecule has 5 nitrogen and oxygen atoms in total. The van der Waals surface area contributed by atoms with Crippen LogP contribution in [-0.4, -0.2) is 41.3 Å². The number of ether oxygens (including phenoxy) is 1. The van der Waals surface area contributed by atoms with E-state index in [-0.39, 0.29) is 5.91 Å². The molecule has 0 aliphatic rings. The number of thioether (sulfide) groups is 2. The number of carbonyl (C=O) groups excluding carboxylic acids is 1. The molecule has 8 heteroatoms. The summed E-state index contributed by atoms with van der Waals surface area (Å²) in [6.07, 6.45) is 0.802. The Morgan fingerprint density at radius 2 is 1.91 bits per heavy atom. The zero-order valence-electron chi connectivity index (χ0n) is 13.1. The molecule has 1 heterocycles. The lowest BCUT2D eigenvalue weighted by molar-refractivity contribution is -0.118. The Hall–Kier alpha value is -1.25. The minimum Gasteiger partial charge on any atom is -0.497 e. The fourth-order valence-corrected chi connectivity index (χ4v) is 4.50. The second kappa shape index (κ2) is 9.79. The van der Waals surface area contributed by atoms with Crippen LogP contribution in [0.5, 0.6) is 5.75 Å². The molecule has 0 saturated carbocycles. The van der Waals surface area contributed by atoms with Crippen molar-refractivity contribution >= 4 is 40.8 Å². The Balaban J connectivity index is 1.66. The molecule has 0 saturated heterocycles. The number of rotatable bonds is 9. The van der Waals surface area contributed by atoms with Crippen LogP contribution in [0.4, 0.5) is 0 Å². The number of methoxy groups -OCH3 is 1. The van der Waals surface area contributed by atoms with Gasteiger partial charge in [0, 0.05) is 6.54 Å². The summed E-state index contributed by atoms with van der Waals surface area (Å²) in [5.74, 6) is 2.20. The van der Waals surface area contributed by atoms with Gasteiger partial charge in [-0.25, -0.2) is 0 Å². The fraction of sp³-hybridized carbons (Fsp3) is 0.400. The molecule has 2 rings (SSSR count). The maximum Gasteiger partial charge on any atom is 0.230 e. The Morgan fingerprint density at radius 1 is 1.22 bits per heavy atom. The number of nitrogens with zero attached hydrogens (tertiary/aromatic N) is 2. The minimum atomic E-state index is 0.0170. The maximum absolute atomic E-state index is 11.8. The number of hydrogen-bond acceptors (Lipinski definition) is 7. The van der Waals surface area contributed by atoms with Gasteiger partial charge >= 0.3 is 0 Å². The van der Waals surface area contributed by atoms with Crippen LogP contribution in [0.15, 0.2) is 32.9 Å². The largest absolute Gasteiger partial charge is 0.497 e.